The molecule has 152 valence electrons. The van der Waals surface area contributed by atoms with E-state index in [9.17, 15) is 14.7 Å². The minimum absolute atomic E-state index is 0.0634. The number of amides is 2. The summed E-state index contributed by atoms with van der Waals surface area (Å²) >= 11 is 0. The van der Waals surface area contributed by atoms with Crippen molar-refractivity contribution in [2.75, 3.05) is 39.3 Å². The number of carbonyl (C=O) groups is 2. The number of hydrogen-bond donors (Lipinski definition) is 1. The second kappa shape index (κ2) is 7.84. The molecule has 1 saturated carbocycles. The Labute approximate surface area is 167 Å². The highest BCUT2D eigenvalue weighted by Crippen LogP contribution is 2.33. The number of piperidine rings is 1. The predicted octanol–water partition coefficient (Wildman–Crippen LogP) is 1.40. The smallest absolute Gasteiger partial charge is 0.255 e. The van der Waals surface area contributed by atoms with Gasteiger partial charge in [-0.05, 0) is 44.1 Å². The minimum atomic E-state index is -1.34. The summed E-state index contributed by atoms with van der Waals surface area (Å²) in [5.41, 5.74) is 0.997. The summed E-state index contributed by atoms with van der Waals surface area (Å²) in [4.78, 5) is 31.1. The average molecular weight is 386 g/mol. The fourth-order valence-corrected chi connectivity index (χ4v) is 4.34. The Balaban J connectivity index is 1.32. The summed E-state index contributed by atoms with van der Waals surface area (Å²) in [5.74, 6) is 0.548. The molecule has 0 bridgehead atoms. The van der Waals surface area contributed by atoms with E-state index >= 15 is 0 Å². The molecule has 28 heavy (non-hydrogen) atoms. The average Bonchev–Trinajstić information content (AvgIpc) is 3.47. The van der Waals surface area contributed by atoms with Gasteiger partial charge in [0.1, 0.15) is 0 Å². The molecule has 1 aromatic rings. The zero-order valence-electron chi connectivity index (χ0n) is 16.8. The molecule has 6 nitrogen and oxygen atoms in total. The van der Waals surface area contributed by atoms with Crippen molar-refractivity contribution in [3.05, 3.63) is 35.4 Å². The first-order valence-corrected chi connectivity index (χ1v) is 10.5. The normalized spacial score (nSPS) is 26.8. The van der Waals surface area contributed by atoms with Crippen LogP contribution in [0.5, 0.6) is 0 Å². The van der Waals surface area contributed by atoms with E-state index in [1.807, 2.05) is 14.7 Å². The van der Waals surface area contributed by atoms with Gasteiger partial charge in [0.05, 0.1) is 6.54 Å². The van der Waals surface area contributed by atoms with E-state index in [1.165, 1.54) is 18.4 Å². The summed E-state index contributed by atoms with van der Waals surface area (Å²) in [5, 5.41) is 11.1. The molecule has 3 fully saturated rings. The summed E-state index contributed by atoms with van der Waals surface area (Å²) in [6.45, 7) is 6.05. The van der Waals surface area contributed by atoms with Gasteiger partial charge in [0.15, 0.2) is 5.60 Å². The third-order valence-corrected chi connectivity index (χ3v) is 6.26. The molecule has 1 aromatic carbocycles. The number of aryl methyl sites for hydroxylation is 1. The Hall–Kier alpha value is -1.92. The van der Waals surface area contributed by atoms with E-state index in [2.05, 4.69) is 31.2 Å². The first-order chi connectivity index (χ1) is 13.4. The van der Waals surface area contributed by atoms with Gasteiger partial charge >= 0.3 is 0 Å². The highest BCUT2D eigenvalue weighted by Gasteiger charge is 2.45. The van der Waals surface area contributed by atoms with Gasteiger partial charge in [-0.25, -0.2) is 0 Å². The summed E-state index contributed by atoms with van der Waals surface area (Å²) < 4.78 is 0. The van der Waals surface area contributed by atoms with Crippen molar-refractivity contribution in [3.63, 3.8) is 0 Å². The second-order valence-corrected chi connectivity index (χ2v) is 8.84. The highest BCUT2D eigenvalue weighted by molar-refractivity contribution is 5.86. The lowest BCUT2D eigenvalue weighted by Gasteiger charge is -2.42. The van der Waals surface area contributed by atoms with Crippen molar-refractivity contribution >= 4 is 11.8 Å². The third kappa shape index (κ3) is 4.39. The lowest BCUT2D eigenvalue weighted by atomic mass is 9.90. The van der Waals surface area contributed by atoms with Crippen molar-refractivity contribution in [3.8, 4) is 0 Å². The molecule has 6 heteroatoms. The fraction of sp³-hybridized carbons (Fsp3) is 0.636. The Bertz CT molecular complexity index is 731. The van der Waals surface area contributed by atoms with Crippen LogP contribution < -0.4 is 0 Å². The van der Waals surface area contributed by atoms with Gasteiger partial charge in [-0.1, -0.05) is 29.8 Å². The van der Waals surface area contributed by atoms with E-state index in [-0.39, 0.29) is 24.9 Å². The fourth-order valence-electron chi connectivity index (χ4n) is 4.34. The van der Waals surface area contributed by atoms with Gasteiger partial charge in [-0.15, -0.1) is 0 Å². The van der Waals surface area contributed by atoms with E-state index in [0.717, 1.165) is 25.1 Å². The van der Waals surface area contributed by atoms with E-state index < -0.39 is 5.60 Å². The van der Waals surface area contributed by atoms with Gasteiger partial charge in [-0.2, -0.15) is 0 Å². The van der Waals surface area contributed by atoms with Gasteiger partial charge in [-0.3, -0.25) is 14.5 Å². The zero-order valence-corrected chi connectivity index (χ0v) is 16.8. The Kier molecular flexibility index (Phi) is 5.43. The molecule has 4 rings (SSSR count). The number of likely N-dealkylation sites (tertiary alicyclic amines) is 1. The van der Waals surface area contributed by atoms with Crippen LogP contribution in [-0.2, 0) is 16.1 Å². The number of hydrogen-bond acceptors (Lipinski definition) is 4. The lowest BCUT2D eigenvalue weighted by molar-refractivity contribution is -0.161. The van der Waals surface area contributed by atoms with Gasteiger partial charge < -0.3 is 14.9 Å². The van der Waals surface area contributed by atoms with Gasteiger partial charge in [0, 0.05) is 39.3 Å². The molecule has 2 amide bonds. The molecule has 2 heterocycles. The van der Waals surface area contributed by atoms with Gasteiger partial charge in [0.2, 0.25) is 5.91 Å². The van der Waals surface area contributed by atoms with E-state index in [0.29, 0.717) is 32.0 Å². The van der Waals surface area contributed by atoms with E-state index in [4.69, 9.17) is 0 Å². The molecular formula is C22H31N3O3. The van der Waals surface area contributed by atoms with Crippen molar-refractivity contribution in [2.45, 2.75) is 44.8 Å². The number of benzene rings is 1. The van der Waals surface area contributed by atoms with Crippen LogP contribution in [0.3, 0.4) is 0 Å². The quantitative estimate of drug-likeness (QED) is 0.804. The number of β-amino-alcohol motifs (C(OH)–C–C–N with tert-alkyl or cyclic N) is 1. The summed E-state index contributed by atoms with van der Waals surface area (Å²) in [6, 6.07) is 8.25. The first kappa shape index (κ1) is 19.4. The largest absolute Gasteiger partial charge is 0.379 e. The maximum atomic E-state index is 12.9. The number of aliphatic hydroxyl groups is 1. The molecule has 0 spiro atoms. The maximum absolute atomic E-state index is 12.9. The first-order valence-electron chi connectivity index (χ1n) is 10.5. The molecule has 3 aliphatic rings. The van der Waals surface area contributed by atoms with Crippen LogP contribution in [0.1, 0.15) is 36.8 Å². The summed E-state index contributed by atoms with van der Waals surface area (Å²) in [6.07, 6.45) is 3.71. The van der Waals surface area contributed by atoms with Crippen LogP contribution in [0.4, 0.5) is 0 Å². The summed E-state index contributed by atoms with van der Waals surface area (Å²) in [7, 11) is 0. The molecule has 1 aliphatic carbocycles. The van der Waals surface area contributed by atoms with Crippen molar-refractivity contribution < 1.29 is 14.7 Å². The molecule has 0 unspecified atom stereocenters. The zero-order chi connectivity index (χ0) is 19.7. The van der Waals surface area contributed by atoms with Gasteiger partial charge in [0.25, 0.3) is 5.91 Å². The number of nitrogens with zero attached hydrogens (tertiary/aromatic N) is 3. The Morgan fingerprint density at radius 2 is 1.82 bits per heavy atom. The molecule has 1 atom stereocenters. The molecule has 0 radical (unpaired) electrons. The van der Waals surface area contributed by atoms with E-state index in [1.54, 1.807) is 0 Å². The monoisotopic (exact) mass is 385 g/mol. The molecule has 0 aromatic heterocycles. The molecular weight excluding hydrogens is 354 g/mol. The predicted molar refractivity (Wildman–Crippen MR) is 107 cm³/mol. The van der Waals surface area contributed by atoms with Crippen LogP contribution in [0, 0.1) is 12.8 Å². The van der Waals surface area contributed by atoms with Crippen LogP contribution in [0.15, 0.2) is 24.3 Å². The van der Waals surface area contributed by atoms with Crippen molar-refractivity contribution in [1.29, 1.82) is 0 Å². The Morgan fingerprint density at radius 3 is 2.50 bits per heavy atom. The SMILES string of the molecule is Cc1ccc(CN2CCN(C[C@@]3(O)CCCN(CC4CC4)C3=O)CC2=O)cc1. The number of rotatable bonds is 6. The lowest BCUT2D eigenvalue weighted by Crippen LogP contribution is -2.61. The van der Waals surface area contributed by atoms with Crippen LogP contribution >= 0.6 is 0 Å². The topological polar surface area (TPSA) is 64.1 Å². The molecule has 1 N–H and O–H groups in total. The number of piperazine rings is 1. The third-order valence-electron chi connectivity index (χ3n) is 6.26. The molecule has 2 aliphatic heterocycles. The highest BCUT2D eigenvalue weighted by atomic mass is 16.3. The van der Waals surface area contributed by atoms with Crippen LogP contribution in [0.2, 0.25) is 0 Å². The van der Waals surface area contributed by atoms with Crippen LogP contribution in [-0.4, -0.2) is 76.5 Å². The number of carbonyl (C=O) groups excluding carboxylic acids is 2. The van der Waals surface area contributed by atoms with Crippen molar-refractivity contribution in [2.24, 2.45) is 5.92 Å². The minimum Gasteiger partial charge on any atom is -0.379 e. The van der Waals surface area contributed by atoms with Crippen molar-refractivity contribution in [1.82, 2.24) is 14.7 Å². The Morgan fingerprint density at radius 1 is 1.07 bits per heavy atom. The maximum Gasteiger partial charge on any atom is 0.255 e. The molecule has 2 saturated heterocycles. The van der Waals surface area contributed by atoms with Crippen LogP contribution in [0.25, 0.3) is 0 Å². The second-order valence-electron chi connectivity index (χ2n) is 8.84. The standard InChI is InChI=1S/C22H31N3O3/c1-17-3-5-18(6-4-17)13-24-12-11-23(15-20(24)26)16-22(28)9-2-10-25(21(22)27)14-19-7-8-19/h3-6,19,28H,2,7-16H2,1H3/t22-/m0/s1.